The molecule has 2 rings (SSSR count). The first kappa shape index (κ1) is 20.1. The molecule has 7 nitrogen and oxygen atoms in total. The maximum Gasteiger partial charge on any atom is 0.277 e. The number of hydrogen-bond acceptors (Lipinski definition) is 6. The van der Waals surface area contributed by atoms with Crippen molar-refractivity contribution in [1.82, 2.24) is 5.43 Å². The van der Waals surface area contributed by atoms with Crippen molar-refractivity contribution >= 4 is 12.1 Å². The van der Waals surface area contributed by atoms with Crippen LogP contribution in [0.1, 0.15) is 16.7 Å². The summed E-state index contributed by atoms with van der Waals surface area (Å²) >= 11 is 0. The zero-order valence-electron chi connectivity index (χ0n) is 16.2. The zero-order chi connectivity index (χ0) is 19.8. The molecule has 27 heavy (non-hydrogen) atoms. The summed E-state index contributed by atoms with van der Waals surface area (Å²) in [6.07, 6.45) is 1.48. The molecule has 0 aliphatic heterocycles. The number of carbonyl (C=O) groups excluding carboxylic acids is 1. The van der Waals surface area contributed by atoms with Crippen LogP contribution in [0.15, 0.2) is 35.4 Å². The van der Waals surface area contributed by atoms with Gasteiger partial charge in [-0.05, 0) is 49.2 Å². The monoisotopic (exact) mass is 372 g/mol. The van der Waals surface area contributed by atoms with Crippen LogP contribution in [0.25, 0.3) is 0 Å². The first-order valence-corrected chi connectivity index (χ1v) is 8.30. The van der Waals surface area contributed by atoms with Crippen molar-refractivity contribution in [1.29, 1.82) is 0 Å². The van der Waals surface area contributed by atoms with Gasteiger partial charge in [-0.15, -0.1) is 0 Å². The number of hydrogen-bond donors (Lipinski definition) is 1. The van der Waals surface area contributed by atoms with Gasteiger partial charge in [0.25, 0.3) is 5.91 Å². The fourth-order valence-electron chi connectivity index (χ4n) is 2.34. The Morgan fingerprint density at radius 3 is 2.22 bits per heavy atom. The van der Waals surface area contributed by atoms with E-state index >= 15 is 0 Å². The van der Waals surface area contributed by atoms with Gasteiger partial charge in [0.1, 0.15) is 5.75 Å². The van der Waals surface area contributed by atoms with E-state index in [9.17, 15) is 4.79 Å². The molecule has 0 saturated carbocycles. The SMILES string of the molecule is COc1cc(/C=N/NC(=O)COc2ccc(C)c(C)c2)cc(OC)c1OC. The largest absolute Gasteiger partial charge is 0.493 e. The third-order valence-electron chi connectivity index (χ3n) is 3.94. The molecule has 1 amide bonds. The van der Waals surface area contributed by atoms with E-state index in [1.807, 2.05) is 32.0 Å². The molecule has 0 unspecified atom stereocenters. The second-order valence-electron chi connectivity index (χ2n) is 5.79. The number of aryl methyl sites for hydroxylation is 2. The normalized spacial score (nSPS) is 10.6. The number of benzene rings is 2. The highest BCUT2D eigenvalue weighted by molar-refractivity contribution is 5.84. The molecule has 0 fully saturated rings. The second-order valence-corrected chi connectivity index (χ2v) is 5.79. The van der Waals surface area contributed by atoms with E-state index in [1.54, 1.807) is 12.1 Å². The Morgan fingerprint density at radius 2 is 1.67 bits per heavy atom. The number of amides is 1. The van der Waals surface area contributed by atoms with Crippen LogP contribution in [-0.2, 0) is 4.79 Å². The number of nitrogens with one attached hydrogen (secondary N) is 1. The molecule has 7 heteroatoms. The van der Waals surface area contributed by atoms with Crippen molar-refractivity contribution in [2.75, 3.05) is 27.9 Å². The predicted molar refractivity (Wildman–Crippen MR) is 103 cm³/mol. The van der Waals surface area contributed by atoms with Gasteiger partial charge in [0.15, 0.2) is 18.1 Å². The lowest BCUT2D eigenvalue weighted by atomic mass is 10.1. The molecule has 2 aromatic carbocycles. The minimum Gasteiger partial charge on any atom is -0.493 e. The quantitative estimate of drug-likeness (QED) is 0.569. The van der Waals surface area contributed by atoms with Crippen molar-refractivity contribution in [3.63, 3.8) is 0 Å². The van der Waals surface area contributed by atoms with Gasteiger partial charge in [-0.2, -0.15) is 5.10 Å². The number of hydrazone groups is 1. The number of methoxy groups -OCH3 is 3. The van der Waals surface area contributed by atoms with Crippen LogP contribution >= 0.6 is 0 Å². The predicted octanol–water partition coefficient (Wildman–Crippen LogP) is 2.86. The summed E-state index contributed by atoms with van der Waals surface area (Å²) in [4.78, 5) is 11.9. The summed E-state index contributed by atoms with van der Waals surface area (Å²) < 4.78 is 21.3. The molecule has 0 aliphatic rings. The van der Waals surface area contributed by atoms with Crippen LogP contribution in [0.3, 0.4) is 0 Å². The van der Waals surface area contributed by atoms with E-state index in [-0.39, 0.29) is 12.5 Å². The van der Waals surface area contributed by atoms with Crippen LogP contribution in [0.2, 0.25) is 0 Å². The summed E-state index contributed by atoms with van der Waals surface area (Å²) in [6, 6.07) is 9.12. The second kappa shape index (κ2) is 9.47. The molecule has 2 aromatic rings. The summed E-state index contributed by atoms with van der Waals surface area (Å²) in [5.74, 6) is 1.77. The van der Waals surface area contributed by atoms with Crippen LogP contribution in [0, 0.1) is 13.8 Å². The van der Waals surface area contributed by atoms with E-state index in [0.29, 0.717) is 28.6 Å². The van der Waals surface area contributed by atoms with Gasteiger partial charge >= 0.3 is 0 Å². The summed E-state index contributed by atoms with van der Waals surface area (Å²) in [5.41, 5.74) is 5.38. The lowest BCUT2D eigenvalue weighted by Gasteiger charge is -2.12. The molecule has 0 atom stereocenters. The van der Waals surface area contributed by atoms with Crippen LogP contribution in [0.5, 0.6) is 23.0 Å². The Morgan fingerprint density at radius 1 is 1.00 bits per heavy atom. The lowest BCUT2D eigenvalue weighted by molar-refractivity contribution is -0.123. The summed E-state index contributed by atoms with van der Waals surface area (Å²) in [7, 11) is 4.60. The van der Waals surface area contributed by atoms with E-state index in [1.165, 1.54) is 33.1 Å². The standard InChI is InChI=1S/C20H24N2O5/c1-13-6-7-16(8-14(13)2)27-12-19(23)22-21-11-15-9-17(24-3)20(26-5)18(10-15)25-4/h6-11H,12H2,1-5H3,(H,22,23)/b21-11+. The first-order chi connectivity index (χ1) is 13.0. The maximum atomic E-state index is 11.9. The van der Waals surface area contributed by atoms with Crippen LogP contribution < -0.4 is 24.4 Å². The topological polar surface area (TPSA) is 78.4 Å². The maximum absolute atomic E-state index is 11.9. The van der Waals surface area contributed by atoms with Crippen molar-refractivity contribution in [3.05, 3.63) is 47.0 Å². The molecule has 0 heterocycles. The molecule has 0 saturated heterocycles. The smallest absolute Gasteiger partial charge is 0.277 e. The van der Waals surface area contributed by atoms with E-state index in [2.05, 4.69) is 10.5 Å². The Bertz CT molecular complexity index is 808. The average molecular weight is 372 g/mol. The van der Waals surface area contributed by atoms with Gasteiger partial charge in [0, 0.05) is 5.56 Å². The molecule has 0 aliphatic carbocycles. The van der Waals surface area contributed by atoms with E-state index in [0.717, 1.165) is 5.56 Å². The van der Waals surface area contributed by atoms with Crippen LogP contribution in [0.4, 0.5) is 0 Å². The molecule has 0 radical (unpaired) electrons. The van der Waals surface area contributed by atoms with Gasteiger partial charge in [-0.25, -0.2) is 5.43 Å². The van der Waals surface area contributed by atoms with E-state index in [4.69, 9.17) is 18.9 Å². The molecule has 1 N–H and O–H groups in total. The highest BCUT2D eigenvalue weighted by atomic mass is 16.5. The molecule has 0 aromatic heterocycles. The minimum absolute atomic E-state index is 0.130. The van der Waals surface area contributed by atoms with Gasteiger partial charge in [0.2, 0.25) is 5.75 Å². The number of nitrogens with zero attached hydrogens (tertiary/aromatic N) is 1. The summed E-state index contributed by atoms with van der Waals surface area (Å²) in [5, 5.41) is 3.94. The first-order valence-electron chi connectivity index (χ1n) is 8.30. The molecule has 144 valence electrons. The third kappa shape index (κ3) is 5.37. The number of rotatable bonds is 8. The van der Waals surface area contributed by atoms with E-state index < -0.39 is 0 Å². The average Bonchev–Trinajstić information content (AvgIpc) is 2.68. The number of carbonyl (C=O) groups is 1. The fourth-order valence-corrected chi connectivity index (χ4v) is 2.34. The molecular formula is C20H24N2O5. The van der Waals surface area contributed by atoms with Crippen molar-refractivity contribution in [3.8, 4) is 23.0 Å². The zero-order valence-corrected chi connectivity index (χ0v) is 16.2. The fraction of sp³-hybridized carbons (Fsp3) is 0.300. The minimum atomic E-state index is -0.364. The lowest BCUT2D eigenvalue weighted by Crippen LogP contribution is -2.24. The van der Waals surface area contributed by atoms with Gasteiger partial charge in [0.05, 0.1) is 27.5 Å². The van der Waals surface area contributed by atoms with Crippen LogP contribution in [-0.4, -0.2) is 40.1 Å². The Hall–Kier alpha value is -3.22. The molecule has 0 spiro atoms. The Balaban J connectivity index is 1.96. The number of ether oxygens (including phenoxy) is 4. The highest BCUT2D eigenvalue weighted by Crippen LogP contribution is 2.37. The van der Waals surface area contributed by atoms with Gasteiger partial charge in [-0.1, -0.05) is 6.07 Å². The Labute approximate surface area is 158 Å². The summed E-state index contributed by atoms with van der Waals surface area (Å²) in [6.45, 7) is 3.88. The van der Waals surface area contributed by atoms with Crippen molar-refractivity contribution in [2.45, 2.75) is 13.8 Å². The third-order valence-corrected chi connectivity index (χ3v) is 3.94. The van der Waals surface area contributed by atoms with Crippen molar-refractivity contribution in [2.24, 2.45) is 5.10 Å². The van der Waals surface area contributed by atoms with Gasteiger partial charge < -0.3 is 18.9 Å². The molecular weight excluding hydrogens is 348 g/mol. The highest BCUT2D eigenvalue weighted by Gasteiger charge is 2.12. The van der Waals surface area contributed by atoms with Gasteiger partial charge in [-0.3, -0.25) is 4.79 Å². The Kier molecular flexibility index (Phi) is 7.05. The molecule has 0 bridgehead atoms. The van der Waals surface area contributed by atoms with Crippen molar-refractivity contribution < 1.29 is 23.7 Å².